The lowest BCUT2D eigenvalue weighted by molar-refractivity contribution is -0.141. The summed E-state index contributed by atoms with van der Waals surface area (Å²) in [6.07, 6.45) is 6.73. The van der Waals surface area contributed by atoms with E-state index in [2.05, 4.69) is 31.6 Å². The summed E-state index contributed by atoms with van der Waals surface area (Å²) in [6.45, 7) is 3.97. The fraction of sp³-hybridized carbons (Fsp3) is 0.280. The predicted molar refractivity (Wildman–Crippen MR) is 133 cm³/mol. The molecule has 0 fully saturated rings. The summed E-state index contributed by atoms with van der Waals surface area (Å²) in [4.78, 5) is 21.2. The average Bonchev–Trinajstić information content (AvgIpc) is 3.49. The van der Waals surface area contributed by atoms with Gasteiger partial charge in [-0.25, -0.2) is 9.97 Å². The number of fused-ring (bicyclic) bond motifs is 1. The van der Waals surface area contributed by atoms with Gasteiger partial charge in [-0.3, -0.25) is 13.9 Å². The maximum atomic E-state index is 13.7. The van der Waals surface area contributed by atoms with Crippen molar-refractivity contribution in [1.82, 2.24) is 29.5 Å². The number of carbonyl (C=O) groups is 1. The minimum Gasteiger partial charge on any atom is -0.348 e. The molecule has 1 aromatic carbocycles. The number of nitrogens with two attached hydrogens (primary N) is 1. The highest BCUT2D eigenvalue weighted by Gasteiger charge is 2.38. The summed E-state index contributed by atoms with van der Waals surface area (Å²) < 4.78 is 43.6. The second kappa shape index (κ2) is 10.3. The largest absolute Gasteiger partial charge is 0.435 e. The number of nitrogens with zero attached hydrogens (tertiary/aromatic N) is 5. The lowest BCUT2D eigenvalue weighted by Crippen LogP contribution is -2.38. The Morgan fingerprint density at radius 1 is 1.30 bits per heavy atom. The number of hydrogen-bond acceptors (Lipinski definition) is 6. The van der Waals surface area contributed by atoms with Crippen molar-refractivity contribution in [3.63, 3.8) is 0 Å². The molecule has 0 saturated heterocycles. The van der Waals surface area contributed by atoms with E-state index in [1.165, 1.54) is 29.2 Å². The second-order valence-corrected chi connectivity index (χ2v) is 8.36. The third kappa shape index (κ3) is 5.26. The van der Waals surface area contributed by atoms with E-state index in [1.54, 1.807) is 12.1 Å². The van der Waals surface area contributed by atoms with Gasteiger partial charge in [-0.1, -0.05) is 12.8 Å². The molecule has 0 aliphatic heterocycles. The molecule has 4 aromatic rings. The maximum Gasteiger partial charge on any atom is 0.435 e. The van der Waals surface area contributed by atoms with Crippen LogP contribution in [-0.2, 0) is 19.1 Å². The molecule has 4 N–H and O–H groups in total. The smallest absolute Gasteiger partial charge is 0.348 e. The number of nitrogens with one attached hydrogen (secondary N) is 2. The number of terminal acetylenes is 1. The first kappa shape index (κ1) is 25.7. The van der Waals surface area contributed by atoms with Gasteiger partial charge in [0.05, 0.1) is 17.5 Å². The Labute approximate surface area is 210 Å². The number of alkyl halides is 3. The lowest BCUT2D eigenvalue weighted by Gasteiger charge is -2.15. The van der Waals surface area contributed by atoms with Crippen molar-refractivity contribution in [2.24, 2.45) is 5.73 Å². The predicted octanol–water partition coefficient (Wildman–Crippen LogP) is 3.63. The van der Waals surface area contributed by atoms with Gasteiger partial charge in [-0.2, -0.15) is 18.3 Å². The van der Waals surface area contributed by atoms with Crippen LogP contribution in [0.4, 0.5) is 24.7 Å². The Morgan fingerprint density at radius 2 is 2.08 bits per heavy atom. The number of hydrogen-bond donors (Lipinski definition) is 3. The van der Waals surface area contributed by atoms with Gasteiger partial charge in [0.15, 0.2) is 17.2 Å². The molecule has 4 rings (SSSR count). The van der Waals surface area contributed by atoms with Crippen LogP contribution in [-0.4, -0.2) is 42.6 Å². The van der Waals surface area contributed by atoms with Crippen LogP contribution in [0.3, 0.4) is 0 Å². The van der Waals surface area contributed by atoms with Gasteiger partial charge in [0, 0.05) is 42.4 Å². The van der Waals surface area contributed by atoms with Crippen molar-refractivity contribution in [1.29, 1.82) is 0 Å². The van der Waals surface area contributed by atoms with Gasteiger partial charge < -0.3 is 16.4 Å². The summed E-state index contributed by atoms with van der Waals surface area (Å²) in [7, 11) is 0. The topological polar surface area (TPSA) is 115 Å². The molecule has 0 unspecified atom stereocenters. The van der Waals surface area contributed by atoms with Crippen molar-refractivity contribution in [3.8, 4) is 23.6 Å². The number of amides is 1. The molecular weight excluding hydrogens is 485 g/mol. The van der Waals surface area contributed by atoms with E-state index >= 15 is 0 Å². The Bertz CT molecular complexity index is 1480. The molecule has 37 heavy (non-hydrogen) atoms. The molecule has 1 atom stereocenters. The standard InChI is InChI=1S/C25H25F3N8O/c1-4-9-35-14-19(21(34-35)25(26,27)28)20-13-31-23-22(30-8-10-36(20)23)33-17-6-7-18(16(5-2)11-17)24(37)32-15(3)12-29/h1,6-8,10-11,13-15H,5,9,12,29H2,2-3H3,(H,30,33)(H,32,37)/t15-/m0/s1. The van der Waals surface area contributed by atoms with Crippen LogP contribution in [0.25, 0.3) is 16.9 Å². The van der Waals surface area contributed by atoms with Gasteiger partial charge >= 0.3 is 6.18 Å². The van der Waals surface area contributed by atoms with Crippen molar-refractivity contribution in [2.75, 3.05) is 11.9 Å². The SMILES string of the molecule is C#CCn1cc(-c2cnc3c(Nc4ccc(C(=O)N[C@@H](C)CN)c(CC)c4)nccn23)c(C(F)(F)F)n1. The molecule has 0 bridgehead atoms. The second-order valence-electron chi connectivity index (χ2n) is 8.36. The minimum absolute atomic E-state index is 0.104. The molecule has 1 amide bonds. The highest BCUT2D eigenvalue weighted by molar-refractivity contribution is 5.96. The maximum absolute atomic E-state index is 13.7. The molecule has 9 nitrogen and oxygen atoms in total. The zero-order valence-electron chi connectivity index (χ0n) is 20.2. The number of halogens is 3. The van der Waals surface area contributed by atoms with Crippen LogP contribution in [0.1, 0.15) is 35.5 Å². The quantitative estimate of drug-likeness (QED) is 0.312. The fourth-order valence-corrected chi connectivity index (χ4v) is 3.88. The van der Waals surface area contributed by atoms with E-state index in [9.17, 15) is 18.0 Å². The van der Waals surface area contributed by atoms with E-state index in [4.69, 9.17) is 12.2 Å². The van der Waals surface area contributed by atoms with Crippen molar-refractivity contribution in [2.45, 2.75) is 39.0 Å². The van der Waals surface area contributed by atoms with Crippen molar-refractivity contribution in [3.05, 3.63) is 59.8 Å². The number of carbonyl (C=O) groups excluding carboxylic acids is 1. The first-order valence-corrected chi connectivity index (χ1v) is 11.5. The van der Waals surface area contributed by atoms with Crippen LogP contribution in [0.2, 0.25) is 0 Å². The number of aryl methyl sites for hydroxylation is 1. The molecular formula is C25H25F3N8O. The Hall–Kier alpha value is -4.37. The molecule has 0 aliphatic rings. The molecule has 0 spiro atoms. The fourth-order valence-electron chi connectivity index (χ4n) is 3.88. The minimum atomic E-state index is -4.68. The van der Waals surface area contributed by atoms with Gasteiger partial charge in [0.25, 0.3) is 5.91 Å². The third-order valence-corrected chi connectivity index (χ3v) is 5.71. The number of imidazole rings is 1. The molecule has 3 aromatic heterocycles. The highest BCUT2D eigenvalue weighted by Crippen LogP contribution is 2.37. The van der Waals surface area contributed by atoms with Gasteiger partial charge in [0.1, 0.15) is 6.54 Å². The summed E-state index contributed by atoms with van der Waals surface area (Å²) in [5, 5.41) is 9.63. The van der Waals surface area contributed by atoms with Crippen LogP contribution in [0.15, 0.2) is 43.0 Å². The van der Waals surface area contributed by atoms with E-state index in [1.807, 2.05) is 19.9 Å². The number of rotatable bonds is 8. The lowest BCUT2D eigenvalue weighted by atomic mass is 10.0. The van der Waals surface area contributed by atoms with Crippen LogP contribution >= 0.6 is 0 Å². The van der Waals surface area contributed by atoms with Crippen molar-refractivity contribution < 1.29 is 18.0 Å². The molecule has 12 heteroatoms. The monoisotopic (exact) mass is 510 g/mol. The molecule has 3 heterocycles. The molecule has 0 radical (unpaired) electrons. The first-order valence-electron chi connectivity index (χ1n) is 11.5. The van der Waals surface area contributed by atoms with Crippen molar-refractivity contribution >= 4 is 23.1 Å². The molecule has 0 saturated carbocycles. The van der Waals surface area contributed by atoms with Crippen LogP contribution in [0.5, 0.6) is 0 Å². The number of anilines is 2. The van der Waals surface area contributed by atoms with E-state index in [0.717, 1.165) is 10.2 Å². The normalized spacial score (nSPS) is 12.4. The Morgan fingerprint density at radius 3 is 2.76 bits per heavy atom. The van der Waals surface area contributed by atoms with Gasteiger partial charge in [-0.05, 0) is 37.1 Å². The molecule has 192 valence electrons. The third-order valence-electron chi connectivity index (χ3n) is 5.71. The summed E-state index contributed by atoms with van der Waals surface area (Å²) >= 11 is 0. The zero-order valence-corrected chi connectivity index (χ0v) is 20.2. The Kier molecular flexibility index (Phi) is 7.17. The van der Waals surface area contributed by atoms with E-state index < -0.39 is 11.9 Å². The highest BCUT2D eigenvalue weighted by atomic mass is 19.4. The zero-order chi connectivity index (χ0) is 26.7. The summed E-state index contributed by atoms with van der Waals surface area (Å²) in [5.74, 6) is 2.40. The van der Waals surface area contributed by atoms with E-state index in [-0.39, 0.29) is 29.8 Å². The average molecular weight is 511 g/mol. The van der Waals surface area contributed by atoms with Gasteiger partial charge in [-0.15, -0.1) is 6.42 Å². The molecule has 0 aliphatic carbocycles. The first-order chi connectivity index (χ1) is 17.7. The number of aromatic nitrogens is 5. The van der Waals surface area contributed by atoms with Crippen LogP contribution < -0.4 is 16.4 Å². The van der Waals surface area contributed by atoms with E-state index in [0.29, 0.717) is 35.7 Å². The summed E-state index contributed by atoms with van der Waals surface area (Å²) in [6, 6.07) is 5.08. The Balaban J connectivity index is 1.70. The van der Waals surface area contributed by atoms with Gasteiger partial charge in [0.2, 0.25) is 0 Å². The number of benzene rings is 1. The van der Waals surface area contributed by atoms with Crippen LogP contribution in [0, 0.1) is 12.3 Å². The summed E-state index contributed by atoms with van der Waals surface area (Å²) in [5.41, 5.74) is 6.87.